The van der Waals surface area contributed by atoms with Crippen LogP contribution in [-0.4, -0.2) is 60.0 Å². The zero-order valence-electron chi connectivity index (χ0n) is 16.1. The van der Waals surface area contributed by atoms with Crippen LogP contribution in [0.5, 0.6) is 0 Å². The van der Waals surface area contributed by atoms with E-state index in [2.05, 4.69) is 18.9 Å². The Morgan fingerprint density at radius 2 is 1.88 bits per heavy atom. The molecule has 0 atom stereocenters. The Morgan fingerprint density at radius 1 is 1.15 bits per heavy atom. The summed E-state index contributed by atoms with van der Waals surface area (Å²) in [5.41, 5.74) is 3.15. The first kappa shape index (κ1) is 18.2. The van der Waals surface area contributed by atoms with Gasteiger partial charge in [-0.1, -0.05) is 37.3 Å². The first-order valence-corrected chi connectivity index (χ1v) is 9.13. The van der Waals surface area contributed by atoms with Gasteiger partial charge in [0.15, 0.2) is 5.82 Å². The SMILES string of the molecule is CCCN(C)c1nc(-c2ccccc2)nc2c1CN(C(=O)N(C)C)CC2. The summed E-state index contributed by atoms with van der Waals surface area (Å²) in [6.07, 6.45) is 1.79. The third kappa shape index (κ3) is 3.64. The van der Waals surface area contributed by atoms with Crippen molar-refractivity contribution in [3.8, 4) is 11.4 Å². The molecule has 0 aliphatic carbocycles. The molecule has 1 aliphatic rings. The van der Waals surface area contributed by atoms with E-state index in [1.807, 2.05) is 35.2 Å². The number of carbonyl (C=O) groups is 1. The van der Waals surface area contributed by atoms with Gasteiger partial charge in [-0.05, 0) is 6.42 Å². The van der Waals surface area contributed by atoms with Crippen molar-refractivity contribution in [3.63, 3.8) is 0 Å². The molecular weight excluding hydrogens is 326 g/mol. The highest BCUT2D eigenvalue weighted by molar-refractivity contribution is 5.74. The molecule has 1 aromatic carbocycles. The van der Waals surface area contributed by atoms with Crippen LogP contribution in [0, 0.1) is 0 Å². The summed E-state index contributed by atoms with van der Waals surface area (Å²) in [4.78, 5) is 27.8. The summed E-state index contributed by atoms with van der Waals surface area (Å²) < 4.78 is 0. The van der Waals surface area contributed by atoms with Gasteiger partial charge in [-0.25, -0.2) is 14.8 Å². The maximum Gasteiger partial charge on any atom is 0.319 e. The fourth-order valence-corrected chi connectivity index (χ4v) is 3.32. The van der Waals surface area contributed by atoms with Crippen molar-refractivity contribution < 1.29 is 4.79 Å². The monoisotopic (exact) mass is 353 g/mol. The van der Waals surface area contributed by atoms with E-state index in [-0.39, 0.29) is 6.03 Å². The van der Waals surface area contributed by atoms with E-state index in [1.165, 1.54) is 0 Å². The molecule has 2 amide bonds. The summed E-state index contributed by atoms with van der Waals surface area (Å²) in [6, 6.07) is 10.1. The quantitative estimate of drug-likeness (QED) is 0.848. The van der Waals surface area contributed by atoms with Gasteiger partial charge in [-0.15, -0.1) is 0 Å². The maximum atomic E-state index is 12.4. The second-order valence-corrected chi connectivity index (χ2v) is 6.93. The molecule has 0 spiro atoms. The third-order valence-electron chi connectivity index (χ3n) is 4.64. The first-order valence-electron chi connectivity index (χ1n) is 9.13. The molecule has 0 unspecified atom stereocenters. The van der Waals surface area contributed by atoms with Crippen molar-refractivity contribution in [1.29, 1.82) is 0 Å². The minimum atomic E-state index is 0.0341. The Labute approximate surface area is 155 Å². The zero-order valence-corrected chi connectivity index (χ0v) is 16.1. The second kappa shape index (κ2) is 7.72. The highest BCUT2D eigenvalue weighted by Crippen LogP contribution is 2.29. The summed E-state index contributed by atoms with van der Waals surface area (Å²) in [5, 5.41) is 0. The molecule has 138 valence electrons. The Balaban J connectivity index is 2.03. The van der Waals surface area contributed by atoms with E-state index >= 15 is 0 Å². The lowest BCUT2D eigenvalue weighted by Crippen LogP contribution is -2.43. The molecule has 0 bridgehead atoms. The molecule has 0 N–H and O–H groups in total. The van der Waals surface area contributed by atoms with Gasteiger partial charge in [-0.3, -0.25) is 0 Å². The topological polar surface area (TPSA) is 52.6 Å². The molecule has 6 nitrogen and oxygen atoms in total. The van der Waals surface area contributed by atoms with Gasteiger partial charge in [0.25, 0.3) is 0 Å². The standard InChI is InChI=1S/C20H27N5O/c1-5-12-24(4)19-16-14-25(20(26)23(2)3)13-11-17(16)21-18(22-19)15-9-7-6-8-10-15/h6-10H,5,11-14H2,1-4H3. The summed E-state index contributed by atoms with van der Waals surface area (Å²) in [7, 11) is 5.64. The fourth-order valence-electron chi connectivity index (χ4n) is 3.32. The Bertz CT molecular complexity index is 775. The average molecular weight is 353 g/mol. The van der Waals surface area contributed by atoms with Crippen LogP contribution in [0.3, 0.4) is 0 Å². The number of rotatable bonds is 4. The molecule has 2 aromatic rings. The third-order valence-corrected chi connectivity index (χ3v) is 4.64. The highest BCUT2D eigenvalue weighted by Gasteiger charge is 2.27. The molecule has 0 fully saturated rings. The van der Waals surface area contributed by atoms with Gasteiger partial charge in [-0.2, -0.15) is 0 Å². The normalized spacial score (nSPS) is 13.3. The van der Waals surface area contributed by atoms with Crippen LogP contribution in [0.25, 0.3) is 11.4 Å². The van der Waals surface area contributed by atoms with Gasteiger partial charge < -0.3 is 14.7 Å². The number of fused-ring (bicyclic) bond motifs is 1. The number of hydrogen-bond donors (Lipinski definition) is 0. The number of nitrogens with zero attached hydrogens (tertiary/aromatic N) is 5. The number of benzene rings is 1. The second-order valence-electron chi connectivity index (χ2n) is 6.93. The van der Waals surface area contributed by atoms with Gasteiger partial charge in [0.2, 0.25) is 0 Å². The van der Waals surface area contributed by atoms with E-state index in [4.69, 9.17) is 9.97 Å². The Kier molecular flexibility index (Phi) is 5.40. The van der Waals surface area contributed by atoms with Crippen LogP contribution in [0.15, 0.2) is 30.3 Å². The molecule has 6 heteroatoms. The van der Waals surface area contributed by atoms with Crippen LogP contribution < -0.4 is 4.90 Å². The number of urea groups is 1. The molecule has 3 rings (SSSR count). The van der Waals surface area contributed by atoms with Crippen molar-refractivity contribution >= 4 is 11.8 Å². The van der Waals surface area contributed by atoms with E-state index in [0.29, 0.717) is 13.1 Å². The smallest absolute Gasteiger partial charge is 0.319 e. The van der Waals surface area contributed by atoms with E-state index in [1.54, 1.807) is 19.0 Å². The predicted molar refractivity (Wildman–Crippen MR) is 104 cm³/mol. The Hall–Kier alpha value is -2.63. The van der Waals surface area contributed by atoms with Gasteiger partial charge in [0.05, 0.1) is 12.2 Å². The number of aromatic nitrogens is 2. The summed E-state index contributed by atoms with van der Waals surface area (Å²) in [5.74, 6) is 1.70. The van der Waals surface area contributed by atoms with Crippen molar-refractivity contribution in [2.45, 2.75) is 26.3 Å². The lowest BCUT2D eigenvalue weighted by Gasteiger charge is -2.33. The minimum Gasteiger partial charge on any atom is -0.359 e. The molecule has 0 radical (unpaired) electrons. The van der Waals surface area contributed by atoms with Gasteiger partial charge >= 0.3 is 6.03 Å². The van der Waals surface area contributed by atoms with Crippen LogP contribution in [-0.2, 0) is 13.0 Å². The van der Waals surface area contributed by atoms with Crippen LogP contribution in [0.2, 0.25) is 0 Å². The largest absolute Gasteiger partial charge is 0.359 e. The first-order chi connectivity index (χ1) is 12.5. The Morgan fingerprint density at radius 3 is 2.54 bits per heavy atom. The fraction of sp³-hybridized carbons (Fsp3) is 0.450. The van der Waals surface area contributed by atoms with Crippen LogP contribution in [0.1, 0.15) is 24.6 Å². The molecule has 0 saturated heterocycles. The molecule has 1 aliphatic heterocycles. The van der Waals surface area contributed by atoms with Crippen molar-refractivity contribution in [2.24, 2.45) is 0 Å². The predicted octanol–water partition coefficient (Wildman–Crippen LogP) is 3.03. The van der Waals surface area contributed by atoms with Crippen molar-refractivity contribution in [3.05, 3.63) is 41.6 Å². The van der Waals surface area contributed by atoms with Crippen molar-refractivity contribution in [2.75, 3.05) is 39.1 Å². The average Bonchev–Trinajstić information content (AvgIpc) is 2.66. The zero-order chi connectivity index (χ0) is 18.7. The minimum absolute atomic E-state index is 0.0341. The lowest BCUT2D eigenvalue weighted by atomic mass is 10.0. The van der Waals surface area contributed by atoms with Crippen LogP contribution in [0.4, 0.5) is 10.6 Å². The van der Waals surface area contributed by atoms with Crippen molar-refractivity contribution in [1.82, 2.24) is 19.8 Å². The van der Waals surface area contributed by atoms with E-state index in [0.717, 1.165) is 47.8 Å². The number of hydrogen-bond acceptors (Lipinski definition) is 4. The molecule has 1 aromatic heterocycles. The highest BCUT2D eigenvalue weighted by atomic mass is 16.2. The molecular formula is C20H27N5O. The number of anilines is 1. The summed E-state index contributed by atoms with van der Waals surface area (Å²) >= 11 is 0. The maximum absolute atomic E-state index is 12.4. The van der Waals surface area contributed by atoms with Crippen LogP contribution >= 0.6 is 0 Å². The lowest BCUT2D eigenvalue weighted by molar-refractivity contribution is 0.165. The molecule has 0 saturated carbocycles. The van der Waals surface area contributed by atoms with E-state index in [9.17, 15) is 4.79 Å². The van der Waals surface area contributed by atoms with Gasteiger partial charge in [0.1, 0.15) is 5.82 Å². The van der Waals surface area contributed by atoms with E-state index < -0.39 is 0 Å². The molecule has 26 heavy (non-hydrogen) atoms. The summed E-state index contributed by atoms with van der Waals surface area (Å²) in [6.45, 7) is 4.32. The number of carbonyl (C=O) groups excluding carboxylic acids is 1. The van der Waals surface area contributed by atoms with Gasteiger partial charge in [0, 0.05) is 51.8 Å². The number of amides is 2. The molecule has 2 heterocycles.